The van der Waals surface area contributed by atoms with Crippen LogP contribution in [0.1, 0.15) is 22.3 Å². The minimum absolute atomic E-state index is 0.189. The average molecular weight is 354 g/mol. The molecule has 0 atom stereocenters. The van der Waals surface area contributed by atoms with Crippen LogP contribution in [0.2, 0.25) is 5.02 Å². The number of anilines is 2. The first kappa shape index (κ1) is 15.7. The molecule has 25 heavy (non-hydrogen) atoms. The fourth-order valence-corrected chi connectivity index (χ4v) is 3.32. The second kappa shape index (κ2) is 5.93. The van der Waals surface area contributed by atoms with E-state index >= 15 is 0 Å². The largest absolute Gasteiger partial charge is 0.350 e. The van der Waals surface area contributed by atoms with Gasteiger partial charge in [0.15, 0.2) is 0 Å². The van der Waals surface area contributed by atoms with E-state index in [1.165, 1.54) is 4.68 Å². The number of rotatable bonds is 2. The average Bonchev–Trinajstić information content (AvgIpc) is 2.60. The Morgan fingerprint density at radius 1 is 1.16 bits per heavy atom. The molecule has 6 heteroatoms. The molecule has 5 nitrogen and oxygen atoms in total. The summed E-state index contributed by atoms with van der Waals surface area (Å²) in [4.78, 5) is 25.4. The molecule has 0 amide bonds. The first-order chi connectivity index (χ1) is 12.0. The zero-order valence-electron chi connectivity index (χ0n) is 13.6. The summed E-state index contributed by atoms with van der Waals surface area (Å²) in [5.74, 6) is 0. The fraction of sp³-hybridized carbons (Fsp3) is 0.158. The van der Waals surface area contributed by atoms with E-state index in [4.69, 9.17) is 11.6 Å². The lowest BCUT2D eigenvalue weighted by molar-refractivity contribution is 0.619. The van der Waals surface area contributed by atoms with Crippen molar-refractivity contribution in [2.24, 2.45) is 0 Å². The number of aromatic amines is 1. The molecule has 0 unspecified atom stereocenters. The SMILES string of the molecule is Cc1ccccc1Cn1[nH]c(=O)c2c(c1=O)Cc1ccc(Cl)cc1N2. The van der Waals surface area contributed by atoms with Crippen molar-refractivity contribution in [3.8, 4) is 0 Å². The van der Waals surface area contributed by atoms with Crippen LogP contribution in [0.15, 0.2) is 52.1 Å². The van der Waals surface area contributed by atoms with Gasteiger partial charge in [0.2, 0.25) is 0 Å². The van der Waals surface area contributed by atoms with Gasteiger partial charge in [-0.2, -0.15) is 0 Å². The van der Waals surface area contributed by atoms with Gasteiger partial charge in [0.1, 0.15) is 5.69 Å². The van der Waals surface area contributed by atoms with Crippen LogP contribution in [0.3, 0.4) is 0 Å². The van der Waals surface area contributed by atoms with Crippen molar-refractivity contribution in [1.29, 1.82) is 0 Å². The molecule has 1 aliphatic rings. The van der Waals surface area contributed by atoms with Crippen LogP contribution < -0.4 is 16.4 Å². The Bertz CT molecular complexity index is 1100. The van der Waals surface area contributed by atoms with Gasteiger partial charge < -0.3 is 5.32 Å². The Labute approximate surface area is 148 Å². The summed E-state index contributed by atoms with van der Waals surface area (Å²) in [5.41, 5.74) is 4.07. The number of nitrogens with zero attached hydrogens (tertiary/aromatic N) is 1. The second-order valence-corrected chi connectivity index (χ2v) is 6.65. The van der Waals surface area contributed by atoms with Crippen molar-refractivity contribution in [1.82, 2.24) is 9.78 Å². The van der Waals surface area contributed by atoms with Crippen LogP contribution in [0.5, 0.6) is 0 Å². The summed E-state index contributed by atoms with van der Waals surface area (Å²) >= 11 is 6.01. The summed E-state index contributed by atoms with van der Waals surface area (Å²) in [6.07, 6.45) is 0.408. The monoisotopic (exact) mass is 353 g/mol. The molecular weight excluding hydrogens is 338 g/mol. The smallest absolute Gasteiger partial charge is 0.286 e. The number of hydrogen-bond acceptors (Lipinski definition) is 3. The molecule has 4 rings (SSSR count). The molecule has 0 fully saturated rings. The predicted molar refractivity (Wildman–Crippen MR) is 99.1 cm³/mol. The van der Waals surface area contributed by atoms with E-state index in [1.807, 2.05) is 37.3 Å². The molecule has 0 spiro atoms. The third kappa shape index (κ3) is 2.76. The third-order valence-corrected chi connectivity index (χ3v) is 4.79. The molecule has 0 radical (unpaired) electrons. The molecule has 2 aromatic carbocycles. The number of H-pyrrole nitrogens is 1. The highest BCUT2D eigenvalue weighted by atomic mass is 35.5. The molecule has 0 aliphatic carbocycles. The molecular formula is C19H16ClN3O2. The van der Waals surface area contributed by atoms with Gasteiger partial charge in [-0.15, -0.1) is 0 Å². The van der Waals surface area contributed by atoms with Crippen LogP contribution in [0.25, 0.3) is 0 Å². The molecule has 126 valence electrons. The second-order valence-electron chi connectivity index (χ2n) is 6.22. The molecule has 1 aromatic heterocycles. The van der Waals surface area contributed by atoms with Crippen molar-refractivity contribution in [2.75, 3.05) is 5.32 Å². The van der Waals surface area contributed by atoms with Crippen molar-refractivity contribution in [3.63, 3.8) is 0 Å². The van der Waals surface area contributed by atoms with Gasteiger partial charge in [0, 0.05) is 17.1 Å². The van der Waals surface area contributed by atoms with Gasteiger partial charge in [0.05, 0.1) is 12.1 Å². The van der Waals surface area contributed by atoms with Crippen molar-refractivity contribution >= 4 is 23.0 Å². The minimum atomic E-state index is -0.311. The summed E-state index contributed by atoms with van der Waals surface area (Å²) in [6.45, 7) is 2.32. The maximum atomic E-state index is 12.9. The van der Waals surface area contributed by atoms with Crippen LogP contribution >= 0.6 is 11.6 Å². The number of nitrogens with one attached hydrogen (secondary N) is 2. The topological polar surface area (TPSA) is 66.9 Å². The van der Waals surface area contributed by atoms with Crippen molar-refractivity contribution in [3.05, 3.63) is 90.4 Å². The van der Waals surface area contributed by atoms with Crippen molar-refractivity contribution < 1.29 is 0 Å². The molecule has 3 aromatic rings. The minimum Gasteiger partial charge on any atom is -0.350 e. The van der Waals surface area contributed by atoms with Crippen LogP contribution in [-0.2, 0) is 13.0 Å². The lowest BCUT2D eigenvalue weighted by atomic mass is 9.99. The number of hydrogen-bond donors (Lipinski definition) is 2. The van der Waals surface area contributed by atoms with Crippen LogP contribution in [-0.4, -0.2) is 9.78 Å². The first-order valence-corrected chi connectivity index (χ1v) is 8.36. The molecule has 0 saturated heterocycles. The van der Waals surface area contributed by atoms with Gasteiger partial charge in [0.25, 0.3) is 11.1 Å². The van der Waals surface area contributed by atoms with E-state index in [0.717, 1.165) is 22.4 Å². The lowest BCUT2D eigenvalue weighted by Gasteiger charge is -2.21. The van der Waals surface area contributed by atoms with Gasteiger partial charge in [-0.1, -0.05) is 41.9 Å². The van der Waals surface area contributed by atoms with Gasteiger partial charge in [-0.3, -0.25) is 14.7 Å². The fourth-order valence-electron chi connectivity index (χ4n) is 3.15. The summed E-state index contributed by atoms with van der Waals surface area (Å²) in [7, 11) is 0. The number of aromatic nitrogens is 2. The Balaban J connectivity index is 1.80. The predicted octanol–water partition coefficient (Wildman–Crippen LogP) is 3.19. The maximum absolute atomic E-state index is 12.9. The van der Waals surface area contributed by atoms with E-state index in [2.05, 4.69) is 10.4 Å². The Morgan fingerprint density at radius 3 is 2.76 bits per heavy atom. The highest BCUT2D eigenvalue weighted by Gasteiger charge is 2.22. The van der Waals surface area contributed by atoms with Crippen LogP contribution in [0.4, 0.5) is 11.4 Å². The van der Waals surface area contributed by atoms with E-state index in [9.17, 15) is 9.59 Å². The summed E-state index contributed by atoms with van der Waals surface area (Å²) in [6, 6.07) is 13.2. The molecule has 0 saturated carbocycles. The van der Waals surface area contributed by atoms with Crippen LogP contribution in [0, 0.1) is 6.92 Å². The standard InChI is InChI=1S/C19H16ClN3O2/c1-11-4-2-3-5-13(11)10-23-19(25)15-8-12-6-7-14(20)9-16(12)21-17(15)18(24)22-23/h2-7,9,21H,8,10H2,1H3,(H,22,24). The molecule has 2 N–H and O–H groups in total. The van der Waals surface area contributed by atoms with E-state index in [1.54, 1.807) is 12.1 Å². The normalized spacial score (nSPS) is 12.2. The van der Waals surface area contributed by atoms with Gasteiger partial charge >= 0.3 is 0 Å². The Morgan fingerprint density at radius 2 is 1.96 bits per heavy atom. The number of benzene rings is 2. The highest BCUT2D eigenvalue weighted by Crippen LogP contribution is 2.30. The third-order valence-electron chi connectivity index (χ3n) is 4.56. The zero-order chi connectivity index (χ0) is 17.6. The Hall–Kier alpha value is -2.79. The maximum Gasteiger partial charge on any atom is 0.286 e. The van der Waals surface area contributed by atoms with Gasteiger partial charge in [-0.25, -0.2) is 4.68 Å². The van der Waals surface area contributed by atoms with E-state index < -0.39 is 0 Å². The number of aryl methyl sites for hydroxylation is 1. The molecule has 0 bridgehead atoms. The highest BCUT2D eigenvalue weighted by molar-refractivity contribution is 6.30. The summed E-state index contributed by atoms with van der Waals surface area (Å²) in [5, 5.41) is 6.31. The van der Waals surface area contributed by atoms with Gasteiger partial charge in [-0.05, 0) is 35.7 Å². The first-order valence-electron chi connectivity index (χ1n) is 7.99. The van der Waals surface area contributed by atoms with E-state index in [0.29, 0.717) is 29.2 Å². The summed E-state index contributed by atoms with van der Waals surface area (Å²) < 4.78 is 1.38. The Kier molecular flexibility index (Phi) is 3.73. The quantitative estimate of drug-likeness (QED) is 0.581. The van der Waals surface area contributed by atoms with E-state index in [-0.39, 0.29) is 11.1 Å². The van der Waals surface area contributed by atoms with Crippen molar-refractivity contribution in [2.45, 2.75) is 19.9 Å². The zero-order valence-corrected chi connectivity index (χ0v) is 14.4. The number of fused-ring (bicyclic) bond motifs is 2. The molecule has 1 aliphatic heterocycles. The molecule has 2 heterocycles. The lowest BCUT2D eigenvalue weighted by Crippen LogP contribution is -2.36. The number of halogens is 1.